The maximum absolute atomic E-state index is 8.96. The van der Waals surface area contributed by atoms with Gasteiger partial charge in [-0.1, -0.05) is 6.07 Å². The second-order valence-corrected chi connectivity index (χ2v) is 6.57. The summed E-state index contributed by atoms with van der Waals surface area (Å²) in [5.41, 5.74) is 1.83. The highest BCUT2D eigenvalue weighted by Gasteiger charge is 2.43. The first kappa shape index (κ1) is 15.3. The highest BCUT2D eigenvalue weighted by Crippen LogP contribution is 2.34. The zero-order valence-electron chi connectivity index (χ0n) is 13.4. The van der Waals surface area contributed by atoms with Crippen molar-refractivity contribution in [2.24, 2.45) is 11.8 Å². The number of ether oxygens (including phenoxy) is 2. The second-order valence-electron chi connectivity index (χ2n) is 6.57. The molecule has 2 aromatic rings. The molecule has 0 amide bonds. The fourth-order valence-electron chi connectivity index (χ4n) is 3.68. The van der Waals surface area contributed by atoms with E-state index in [0.29, 0.717) is 30.1 Å². The van der Waals surface area contributed by atoms with Crippen molar-refractivity contribution in [2.75, 3.05) is 26.3 Å². The van der Waals surface area contributed by atoms with Gasteiger partial charge in [0.05, 0.1) is 43.5 Å². The van der Waals surface area contributed by atoms with Crippen molar-refractivity contribution in [3.63, 3.8) is 0 Å². The van der Waals surface area contributed by atoms with Gasteiger partial charge in [0, 0.05) is 37.0 Å². The van der Waals surface area contributed by atoms with Crippen LogP contribution < -0.4 is 4.74 Å². The van der Waals surface area contributed by atoms with E-state index < -0.39 is 0 Å². The van der Waals surface area contributed by atoms with E-state index in [1.165, 1.54) is 5.56 Å². The number of nitrogens with zero attached hydrogens (tertiary/aromatic N) is 2. The maximum Gasteiger partial charge on any atom is 0.120 e. The Hall–Kier alpha value is -2.29. The lowest BCUT2D eigenvalue weighted by molar-refractivity contribution is 0.0897. The number of rotatable bonds is 5. The minimum Gasteiger partial charge on any atom is -0.493 e. The Bertz CT molecular complexity index is 722. The Morgan fingerprint density at radius 3 is 3.08 bits per heavy atom. The molecule has 2 fully saturated rings. The minimum atomic E-state index is 0.302. The molecule has 1 aromatic carbocycles. The summed E-state index contributed by atoms with van der Waals surface area (Å²) in [4.78, 5) is 2.42. The molecule has 0 aliphatic carbocycles. The highest BCUT2D eigenvalue weighted by molar-refractivity contribution is 5.36. The van der Waals surface area contributed by atoms with E-state index in [-0.39, 0.29) is 0 Å². The van der Waals surface area contributed by atoms with E-state index in [9.17, 15) is 0 Å². The Labute approximate surface area is 141 Å². The van der Waals surface area contributed by atoms with Gasteiger partial charge in [-0.3, -0.25) is 4.90 Å². The molecule has 0 bridgehead atoms. The molecule has 2 aliphatic heterocycles. The molecule has 3 heterocycles. The van der Waals surface area contributed by atoms with Crippen molar-refractivity contribution in [3.05, 3.63) is 54.0 Å². The lowest BCUT2D eigenvalue weighted by atomic mass is 9.94. The zero-order valence-corrected chi connectivity index (χ0v) is 13.4. The summed E-state index contributed by atoms with van der Waals surface area (Å²) >= 11 is 0. The Morgan fingerprint density at radius 1 is 1.29 bits per heavy atom. The molecular weight excluding hydrogens is 304 g/mol. The van der Waals surface area contributed by atoms with Gasteiger partial charge in [0.25, 0.3) is 0 Å². The highest BCUT2D eigenvalue weighted by atomic mass is 16.5. The second kappa shape index (κ2) is 6.68. The first-order valence-electron chi connectivity index (χ1n) is 8.30. The molecule has 124 valence electrons. The molecular formula is C19H20N2O3. The van der Waals surface area contributed by atoms with Crippen LogP contribution in [0.3, 0.4) is 0 Å². The first-order valence-corrected chi connectivity index (χ1v) is 8.30. The number of fused-ring (bicyclic) bond motifs is 1. The largest absolute Gasteiger partial charge is 0.493 e. The van der Waals surface area contributed by atoms with Crippen LogP contribution in [-0.2, 0) is 11.3 Å². The molecule has 2 aliphatic rings. The third-order valence-electron chi connectivity index (χ3n) is 4.93. The van der Waals surface area contributed by atoms with Crippen LogP contribution in [0.15, 0.2) is 47.3 Å². The van der Waals surface area contributed by atoms with Crippen molar-refractivity contribution in [3.8, 4) is 11.8 Å². The van der Waals surface area contributed by atoms with Gasteiger partial charge in [-0.2, -0.15) is 5.26 Å². The van der Waals surface area contributed by atoms with E-state index in [2.05, 4.69) is 11.0 Å². The lowest BCUT2D eigenvalue weighted by Crippen LogP contribution is -2.26. The zero-order chi connectivity index (χ0) is 16.4. The van der Waals surface area contributed by atoms with Crippen LogP contribution in [0.5, 0.6) is 5.75 Å². The normalized spacial score (nSPS) is 26.2. The molecule has 5 heteroatoms. The van der Waals surface area contributed by atoms with E-state index in [1.54, 1.807) is 24.7 Å². The van der Waals surface area contributed by atoms with Crippen LogP contribution in [0.2, 0.25) is 0 Å². The topological polar surface area (TPSA) is 58.6 Å². The van der Waals surface area contributed by atoms with Gasteiger partial charge in [-0.15, -0.1) is 0 Å². The Kier molecular flexibility index (Phi) is 4.24. The number of likely N-dealkylation sites (tertiary alicyclic amines) is 1. The molecule has 0 spiro atoms. The third-order valence-corrected chi connectivity index (χ3v) is 4.93. The molecule has 4 rings (SSSR count). The molecule has 0 saturated carbocycles. The van der Waals surface area contributed by atoms with Crippen LogP contribution in [0.25, 0.3) is 0 Å². The average Bonchev–Trinajstić information content (AvgIpc) is 3.32. The molecule has 2 saturated heterocycles. The number of hydrogen-bond acceptors (Lipinski definition) is 5. The van der Waals surface area contributed by atoms with Crippen molar-refractivity contribution in [2.45, 2.75) is 12.6 Å². The Morgan fingerprint density at radius 2 is 2.25 bits per heavy atom. The van der Waals surface area contributed by atoms with Crippen LogP contribution in [-0.4, -0.2) is 37.3 Å². The van der Waals surface area contributed by atoms with E-state index >= 15 is 0 Å². The van der Waals surface area contributed by atoms with E-state index in [1.807, 2.05) is 18.2 Å². The molecule has 0 N–H and O–H groups in total. The van der Waals surface area contributed by atoms with Crippen molar-refractivity contribution < 1.29 is 13.9 Å². The van der Waals surface area contributed by atoms with Gasteiger partial charge >= 0.3 is 0 Å². The minimum absolute atomic E-state index is 0.302. The first-order chi connectivity index (χ1) is 11.8. The van der Waals surface area contributed by atoms with Crippen LogP contribution in [0.1, 0.15) is 11.1 Å². The smallest absolute Gasteiger partial charge is 0.120 e. The molecule has 0 radical (unpaired) electrons. The molecule has 1 aromatic heterocycles. The van der Waals surface area contributed by atoms with Crippen LogP contribution >= 0.6 is 0 Å². The van der Waals surface area contributed by atoms with Crippen LogP contribution in [0, 0.1) is 23.2 Å². The summed E-state index contributed by atoms with van der Waals surface area (Å²) in [6.07, 6.45) is 3.82. The molecule has 5 nitrogen and oxygen atoms in total. The monoisotopic (exact) mass is 324 g/mol. The average molecular weight is 324 g/mol. The predicted octanol–water partition coefficient (Wildman–Crippen LogP) is 2.68. The van der Waals surface area contributed by atoms with Crippen molar-refractivity contribution in [1.82, 2.24) is 4.90 Å². The van der Waals surface area contributed by atoms with Crippen molar-refractivity contribution >= 4 is 0 Å². The fraction of sp³-hybridized carbons (Fsp3) is 0.421. The third kappa shape index (κ3) is 3.16. The number of furan rings is 1. The Balaban J connectivity index is 1.33. The summed E-state index contributed by atoms with van der Waals surface area (Å²) in [7, 11) is 0. The number of hydrogen-bond donors (Lipinski definition) is 0. The fourth-order valence-corrected chi connectivity index (χ4v) is 3.68. The van der Waals surface area contributed by atoms with E-state index in [0.717, 1.165) is 32.0 Å². The van der Waals surface area contributed by atoms with Crippen LogP contribution in [0.4, 0.5) is 0 Å². The van der Waals surface area contributed by atoms with Gasteiger partial charge < -0.3 is 13.9 Å². The summed E-state index contributed by atoms with van der Waals surface area (Å²) < 4.78 is 17.0. The molecule has 0 unspecified atom stereocenters. The number of nitriles is 1. The summed E-state index contributed by atoms with van der Waals surface area (Å²) in [6, 6.07) is 11.5. The lowest BCUT2D eigenvalue weighted by Gasteiger charge is -2.19. The van der Waals surface area contributed by atoms with Gasteiger partial charge in [0.1, 0.15) is 5.75 Å². The van der Waals surface area contributed by atoms with Gasteiger partial charge in [-0.25, -0.2) is 0 Å². The predicted molar refractivity (Wildman–Crippen MR) is 87.4 cm³/mol. The maximum atomic E-state index is 8.96. The molecule has 3 atom stereocenters. The number of benzene rings is 1. The SMILES string of the molecule is N#Cc1cccc(OC[C@@H]2CO[C@H]3CN(Cc4ccoc4)C[C@@H]23)c1. The standard InChI is InChI=1S/C19H20N2O3/c20-7-14-2-1-3-17(6-14)23-12-16-13-24-19-10-21(9-18(16)19)8-15-4-5-22-11-15/h1-6,11,16,18-19H,8-10,12-13H2/t16-,18+,19+/m1/s1. The summed E-state index contributed by atoms with van der Waals surface area (Å²) in [6.45, 7) is 4.30. The van der Waals surface area contributed by atoms with Gasteiger partial charge in [0.2, 0.25) is 0 Å². The van der Waals surface area contributed by atoms with E-state index in [4.69, 9.17) is 19.2 Å². The summed E-state index contributed by atoms with van der Waals surface area (Å²) in [5, 5.41) is 8.96. The summed E-state index contributed by atoms with van der Waals surface area (Å²) in [5.74, 6) is 1.66. The van der Waals surface area contributed by atoms with Gasteiger partial charge in [0.15, 0.2) is 0 Å². The quantitative estimate of drug-likeness (QED) is 0.846. The van der Waals surface area contributed by atoms with Crippen molar-refractivity contribution in [1.29, 1.82) is 5.26 Å². The molecule has 24 heavy (non-hydrogen) atoms. The van der Waals surface area contributed by atoms with Gasteiger partial charge in [-0.05, 0) is 24.3 Å².